The van der Waals surface area contributed by atoms with Crippen LogP contribution in [0, 0.1) is 0 Å². The highest BCUT2D eigenvalue weighted by Gasteiger charge is 2.20. The molecule has 5 heteroatoms. The smallest absolute Gasteiger partial charge is 0.230 e. The van der Waals surface area contributed by atoms with Crippen molar-refractivity contribution >= 4 is 11.7 Å². The van der Waals surface area contributed by atoms with Crippen LogP contribution >= 0.6 is 0 Å². The molecule has 0 radical (unpaired) electrons. The number of nitrogens with zero attached hydrogens (tertiary/aromatic N) is 1. The molecule has 0 aliphatic carbocycles. The first-order valence-corrected chi connectivity index (χ1v) is 11.0. The second-order valence-electron chi connectivity index (χ2n) is 9.01. The molecule has 5 nitrogen and oxygen atoms in total. The number of amides is 1. The fraction of sp³-hybridized carbons (Fsp3) is 0.214. The average molecular weight is 441 g/mol. The highest BCUT2D eigenvalue weighted by molar-refractivity contribution is 5.91. The van der Waals surface area contributed by atoms with Crippen molar-refractivity contribution < 1.29 is 14.1 Å². The first-order chi connectivity index (χ1) is 15.9. The predicted molar refractivity (Wildman–Crippen MR) is 130 cm³/mol. The minimum atomic E-state index is -0.159. The second-order valence-corrected chi connectivity index (χ2v) is 9.01. The SMILES string of the molecule is CC(C)(C)c1cc(NC(=O)Cc2ccc(OCc3ccccc3-c3ccccc3)cc2)no1. The Balaban J connectivity index is 1.34. The number of hydrogen-bond acceptors (Lipinski definition) is 4. The standard InChI is InChI=1S/C28H28N2O3/c1-28(2,3)25-18-26(30-33-25)29-27(31)17-20-13-15-23(16-14-20)32-19-22-11-7-8-12-24(22)21-9-5-4-6-10-21/h4-16,18H,17,19H2,1-3H3,(H,29,30,31). The van der Waals surface area contributed by atoms with E-state index in [1.54, 1.807) is 6.07 Å². The van der Waals surface area contributed by atoms with Crippen LogP contribution in [0.1, 0.15) is 37.7 Å². The lowest BCUT2D eigenvalue weighted by atomic mass is 9.93. The second kappa shape index (κ2) is 9.74. The Kier molecular flexibility index (Phi) is 6.59. The molecular weight excluding hydrogens is 412 g/mol. The number of rotatable bonds is 7. The molecular formula is C28H28N2O3. The molecule has 0 saturated carbocycles. The predicted octanol–water partition coefficient (Wildman–Crippen LogP) is 6.40. The Morgan fingerprint density at radius 3 is 2.33 bits per heavy atom. The van der Waals surface area contributed by atoms with E-state index in [9.17, 15) is 4.79 Å². The normalized spacial score (nSPS) is 11.2. The Bertz CT molecular complexity index is 1210. The maximum Gasteiger partial charge on any atom is 0.230 e. The summed E-state index contributed by atoms with van der Waals surface area (Å²) in [5.41, 5.74) is 4.18. The largest absolute Gasteiger partial charge is 0.489 e. The van der Waals surface area contributed by atoms with Crippen LogP contribution in [0.2, 0.25) is 0 Å². The van der Waals surface area contributed by atoms with Crippen molar-refractivity contribution in [1.29, 1.82) is 0 Å². The van der Waals surface area contributed by atoms with Gasteiger partial charge in [-0.25, -0.2) is 0 Å². The number of carbonyl (C=O) groups excluding carboxylic acids is 1. The van der Waals surface area contributed by atoms with Crippen LogP contribution in [-0.4, -0.2) is 11.1 Å². The van der Waals surface area contributed by atoms with E-state index < -0.39 is 0 Å². The Labute approximate surface area is 194 Å². The van der Waals surface area contributed by atoms with E-state index >= 15 is 0 Å². The number of aromatic nitrogens is 1. The molecule has 1 heterocycles. The van der Waals surface area contributed by atoms with Crippen molar-refractivity contribution in [2.45, 2.75) is 39.2 Å². The summed E-state index contributed by atoms with van der Waals surface area (Å²) in [6.07, 6.45) is 0.245. The van der Waals surface area contributed by atoms with Gasteiger partial charge in [-0.3, -0.25) is 4.79 Å². The summed E-state index contributed by atoms with van der Waals surface area (Å²) < 4.78 is 11.3. The minimum absolute atomic E-state index is 0.144. The topological polar surface area (TPSA) is 64.4 Å². The van der Waals surface area contributed by atoms with Gasteiger partial charge in [0.05, 0.1) is 6.42 Å². The number of carbonyl (C=O) groups is 1. The molecule has 0 aliphatic heterocycles. The summed E-state index contributed by atoms with van der Waals surface area (Å²) in [5.74, 6) is 1.78. The van der Waals surface area contributed by atoms with Gasteiger partial charge in [0.2, 0.25) is 5.91 Å². The Morgan fingerprint density at radius 2 is 1.64 bits per heavy atom. The van der Waals surface area contributed by atoms with Crippen molar-refractivity contribution in [3.63, 3.8) is 0 Å². The Hall–Kier alpha value is -3.86. The third-order valence-corrected chi connectivity index (χ3v) is 5.30. The van der Waals surface area contributed by atoms with Crippen molar-refractivity contribution in [3.05, 3.63) is 102 Å². The molecule has 0 unspecified atom stereocenters. The molecule has 0 atom stereocenters. The summed E-state index contributed by atoms with van der Waals surface area (Å²) in [6.45, 7) is 6.56. The molecule has 3 aromatic carbocycles. The Morgan fingerprint density at radius 1 is 0.939 bits per heavy atom. The van der Waals surface area contributed by atoms with Crippen LogP contribution in [-0.2, 0) is 23.2 Å². The van der Waals surface area contributed by atoms with E-state index in [0.29, 0.717) is 12.4 Å². The molecule has 33 heavy (non-hydrogen) atoms. The van der Waals surface area contributed by atoms with Gasteiger partial charge in [0, 0.05) is 11.5 Å². The summed E-state index contributed by atoms with van der Waals surface area (Å²) in [7, 11) is 0. The van der Waals surface area contributed by atoms with Crippen molar-refractivity contribution in [2.75, 3.05) is 5.32 Å². The molecule has 1 amide bonds. The highest BCUT2D eigenvalue weighted by atomic mass is 16.5. The third-order valence-electron chi connectivity index (χ3n) is 5.30. The number of nitrogens with one attached hydrogen (secondary N) is 1. The summed E-state index contributed by atoms with van der Waals surface area (Å²) in [5, 5.41) is 6.72. The van der Waals surface area contributed by atoms with E-state index in [4.69, 9.17) is 9.26 Å². The number of hydrogen-bond donors (Lipinski definition) is 1. The van der Waals surface area contributed by atoms with Crippen LogP contribution < -0.4 is 10.1 Å². The molecule has 0 saturated heterocycles. The summed E-state index contributed by atoms with van der Waals surface area (Å²) in [6, 6.07) is 27.9. The quantitative estimate of drug-likeness (QED) is 0.361. The van der Waals surface area contributed by atoms with Crippen LogP contribution in [0.4, 0.5) is 5.82 Å². The molecule has 1 aromatic heterocycles. The lowest BCUT2D eigenvalue weighted by Gasteiger charge is -2.12. The maximum atomic E-state index is 12.4. The zero-order valence-electron chi connectivity index (χ0n) is 19.2. The van der Waals surface area contributed by atoms with Gasteiger partial charge in [0.15, 0.2) is 5.82 Å². The maximum absolute atomic E-state index is 12.4. The number of ether oxygens (including phenoxy) is 1. The molecule has 4 rings (SSSR count). The van der Waals surface area contributed by atoms with E-state index in [1.807, 2.05) is 75.4 Å². The first-order valence-electron chi connectivity index (χ1n) is 11.0. The molecule has 0 fully saturated rings. The first kappa shape index (κ1) is 22.3. The van der Waals surface area contributed by atoms with Gasteiger partial charge in [-0.2, -0.15) is 0 Å². The van der Waals surface area contributed by atoms with Gasteiger partial charge >= 0.3 is 0 Å². The zero-order chi connectivity index (χ0) is 23.3. The monoisotopic (exact) mass is 440 g/mol. The van der Waals surface area contributed by atoms with E-state index in [2.05, 4.69) is 34.7 Å². The van der Waals surface area contributed by atoms with Crippen LogP contribution in [0.25, 0.3) is 11.1 Å². The summed E-state index contributed by atoms with van der Waals surface area (Å²) >= 11 is 0. The van der Waals surface area contributed by atoms with Gasteiger partial charge in [0.25, 0.3) is 0 Å². The van der Waals surface area contributed by atoms with Crippen molar-refractivity contribution in [1.82, 2.24) is 5.16 Å². The molecule has 0 spiro atoms. The van der Waals surface area contributed by atoms with E-state index in [1.165, 1.54) is 5.56 Å². The van der Waals surface area contributed by atoms with Crippen LogP contribution in [0.5, 0.6) is 5.75 Å². The molecule has 0 bridgehead atoms. The molecule has 0 aliphatic rings. The fourth-order valence-corrected chi connectivity index (χ4v) is 3.47. The zero-order valence-corrected chi connectivity index (χ0v) is 19.2. The van der Waals surface area contributed by atoms with Crippen molar-refractivity contribution in [2.24, 2.45) is 0 Å². The minimum Gasteiger partial charge on any atom is -0.489 e. The van der Waals surface area contributed by atoms with Gasteiger partial charge in [-0.15, -0.1) is 0 Å². The van der Waals surface area contributed by atoms with E-state index in [-0.39, 0.29) is 17.7 Å². The molecule has 1 N–H and O–H groups in total. The third kappa shape index (κ3) is 5.89. The number of benzene rings is 3. The van der Waals surface area contributed by atoms with Gasteiger partial charge < -0.3 is 14.6 Å². The summed E-state index contributed by atoms with van der Waals surface area (Å²) in [4.78, 5) is 12.4. The van der Waals surface area contributed by atoms with Gasteiger partial charge in [0.1, 0.15) is 18.1 Å². The van der Waals surface area contributed by atoms with Gasteiger partial charge in [-0.05, 0) is 34.4 Å². The molecule has 168 valence electrons. The fourth-order valence-electron chi connectivity index (χ4n) is 3.47. The lowest BCUT2D eigenvalue weighted by molar-refractivity contribution is -0.115. The molecule has 4 aromatic rings. The average Bonchev–Trinajstić information content (AvgIpc) is 3.28. The number of anilines is 1. The lowest BCUT2D eigenvalue weighted by Crippen LogP contribution is -2.14. The highest BCUT2D eigenvalue weighted by Crippen LogP contribution is 2.26. The van der Waals surface area contributed by atoms with Crippen molar-refractivity contribution in [3.8, 4) is 16.9 Å². The van der Waals surface area contributed by atoms with E-state index in [0.717, 1.165) is 28.2 Å². The van der Waals surface area contributed by atoms with Crippen LogP contribution in [0.15, 0.2) is 89.5 Å². The van der Waals surface area contributed by atoms with Gasteiger partial charge in [-0.1, -0.05) is 92.7 Å². The van der Waals surface area contributed by atoms with Crippen LogP contribution in [0.3, 0.4) is 0 Å².